The fraction of sp³-hybridized carbons (Fsp3) is 0.650. The van der Waals surface area contributed by atoms with E-state index in [4.69, 9.17) is 0 Å². The second-order valence-electron chi connectivity index (χ2n) is 7.16. The first-order chi connectivity index (χ1) is 13.0. The Labute approximate surface area is 163 Å². The highest BCUT2D eigenvalue weighted by Gasteiger charge is 2.26. The van der Waals surface area contributed by atoms with Gasteiger partial charge in [0.2, 0.25) is 10.0 Å². The molecule has 1 saturated heterocycles. The van der Waals surface area contributed by atoms with Crippen LogP contribution in [0.4, 0.5) is 10.5 Å². The molecule has 0 aromatic heterocycles. The van der Waals surface area contributed by atoms with Crippen LogP contribution < -0.4 is 4.90 Å². The van der Waals surface area contributed by atoms with Gasteiger partial charge in [-0.1, -0.05) is 45.4 Å². The van der Waals surface area contributed by atoms with Crippen LogP contribution in [0.1, 0.15) is 64.7 Å². The zero-order valence-corrected chi connectivity index (χ0v) is 17.1. The van der Waals surface area contributed by atoms with Crippen LogP contribution in [0.5, 0.6) is 0 Å². The van der Waals surface area contributed by atoms with Crippen molar-refractivity contribution in [2.45, 2.75) is 69.6 Å². The fourth-order valence-corrected chi connectivity index (χ4v) is 4.95. The lowest BCUT2D eigenvalue weighted by Gasteiger charge is -2.26. The number of hydrogen-bond donors (Lipinski definition) is 1. The van der Waals surface area contributed by atoms with E-state index < -0.39 is 16.1 Å². The summed E-state index contributed by atoms with van der Waals surface area (Å²) in [4.78, 5) is 13.1. The first-order valence-electron chi connectivity index (χ1n) is 10.1. The molecule has 1 aliphatic rings. The third-order valence-corrected chi connectivity index (χ3v) is 6.98. The second-order valence-corrected chi connectivity index (χ2v) is 9.10. The average molecular weight is 397 g/mol. The van der Waals surface area contributed by atoms with Gasteiger partial charge in [0.15, 0.2) is 0 Å². The SMILES string of the molecule is CCCCCCCCN(C(=O)O)c1ccc(S(=O)(=O)N2CCCCC2)cc1. The number of carboxylic acid groups (broad SMARTS) is 1. The highest BCUT2D eigenvalue weighted by molar-refractivity contribution is 7.89. The van der Waals surface area contributed by atoms with Gasteiger partial charge in [0.25, 0.3) is 0 Å². The summed E-state index contributed by atoms with van der Waals surface area (Å²) in [6.45, 7) is 3.72. The van der Waals surface area contributed by atoms with Crippen molar-refractivity contribution >= 4 is 21.8 Å². The van der Waals surface area contributed by atoms with Crippen molar-refractivity contribution in [3.05, 3.63) is 24.3 Å². The van der Waals surface area contributed by atoms with Gasteiger partial charge in [0.05, 0.1) is 4.90 Å². The minimum absolute atomic E-state index is 0.234. The van der Waals surface area contributed by atoms with E-state index in [-0.39, 0.29) is 4.90 Å². The predicted molar refractivity (Wildman–Crippen MR) is 108 cm³/mol. The molecule has 1 fully saturated rings. The molecule has 0 bridgehead atoms. The predicted octanol–water partition coefficient (Wildman–Crippen LogP) is 4.71. The second kappa shape index (κ2) is 10.7. The fourth-order valence-electron chi connectivity index (χ4n) is 3.44. The molecular weight excluding hydrogens is 364 g/mol. The van der Waals surface area contributed by atoms with E-state index >= 15 is 0 Å². The van der Waals surface area contributed by atoms with E-state index in [9.17, 15) is 18.3 Å². The standard InChI is InChI=1S/C20H32N2O4S/c1-2-3-4-5-6-10-17-22(20(23)24)18-11-13-19(14-12-18)27(25,26)21-15-8-7-9-16-21/h11-14H,2-10,15-17H2,1H3,(H,23,24). The Hall–Kier alpha value is -1.60. The van der Waals surface area contributed by atoms with E-state index in [2.05, 4.69) is 6.92 Å². The van der Waals surface area contributed by atoms with Crippen molar-refractivity contribution in [3.8, 4) is 0 Å². The zero-order chi connectivity index (χ0) is 19.7. The first-order valence-corrected chi connectivity index (χ1v) is 11.5. The van der Waals surface area contributed by atoms with Crippen LogP contribution in [-0.2, 0) is 10.0 Å². The Morgan fingerprint density at radius 1 is 1.00 bits per heavy atom. The van der Waals surface area contributed by atoms with Crippen LogP contribution in [0, 0.1) is 0 Å². The molecule has 0 aliphatic carbocycles. The zero-order valence-electron chi connectivity index (χ0n) is 16.3. The molecule has 1 heterocycles. The number of hydrogen-bond acceptors (Lipinski definition) is 3. The molecule has 1 aromatic rings. The number of nitrogens with zero attached hydrogens (tertiary/aromatic N) is 2. The Kier molecular flexibility index (Phi) is 8.57. The molecule has 6 nitrogen and oxygen atoms in total. The maximum absolute atomic E-state index is 12.7. The number of rotatable bonds is 10. The quantitative estimate of drug-likeness (QED) is 0.581. The maximum atomic E-state index is 12.7. The molecule has 1 aromatic carbocycles. The van der Waals surface area contributed by atoms with Crippen molar-refractivity contribution < 1.29 is 18.3 Å². The van der Waals surface area contributed by atoms with E-state index in [0.717, 1.165) is 38.5 Å². The summed E-state index contributed by atoms with van der Waals surface area (Å²) in [7, 11) is -3.49. The van der Waals surface area contributed by atoms with Gasteiger partial charge in [-0.2, -0.15) is 4.31 Å². The van der Waals surface area contributed by atoms with E-state index in [1.54, 1.807) is 12.1 Å². The molecule has 7 heteroatoms. The summed E-state index contributed by atoms with van der Waals surface area (Å²) in [5.74, 6) is 0. The highest BCUT2D eigenvalue weighted by atomic mass is 32.2. The third kappa shape index (κ3) is 6.21. The van der Waals surface area contributed by atoms with Gasteiger partial charge < -0.3 is 5.11 Å². The Morgan fingerprint density at radius 2 is 1.59 bits per heavy atom. The molecule has 1 amide bonds. The lowest BCUT2D eigenvalue weighted by Crippen LogP contribution is -2.35. The van der Waals surface area contributed by atoms with E-state index in [1.165, 1.54) is 40.6 Å². The number of anilines is 1. The molecule has 0 saturated carbocycles. The largest absolute Gasteiger partial charge is 0.465 e. The first kappa shape index (κ1) is 21.7. The van der Waals surface area contributed by atoms with Gasteiger partial charge in [0.1, 0.15) is 0 Å². The van der Waals surface area contributed by atoms with Gasteiger partial charge in [-0.25, -0.2) is 13.2 Å². The van der Waals surface area contributed by atoms with Crippen molar-refractivity contribution in [1.29, 1.82) is 0 Å². The van der Waals surface area contributed by atoms with Gasteiger partial charge >= 0.3 is 6.09 Å². The minimum Gasteiger partial charge on any atom is -0.465 e. The molecule has 1 N–H and O–H groups in total. The molecule has 152 valence electrons. The molecule has 27 heavy (non-hydrogen) atoms. The van der Waals surface area contributed by atoms with Crippen molar-refractivity contribution in [1.82, 2.24) is 4.31 Å². The summed E-state index contributed by atoms with van der Waals surface area (Å²) >= 11 is 0. The smallest absolute Gasteiger partial charge is 0.411 e. The number of sulfonamides is 1. The summed E-state index contributed by atoms with van der Waals surface area (Å²) < 4.78 is 26.9. The minimum atomic E-state index is -3.49. The third-order valence-electron chi connectivity index (χ3n) is 5.07. The van der Waals surface area contributed by atoms with Crippen LogP contribution in [0.2, 0.25) is 0 Å². The summed E-state index contributed by atoms with van der Waals surface area (Å²) in [5, 5.41) is 9.50. The van der Waals surface area contributed by atoms with E-state index in [1.807, 2.05) is 0 Å². The number of unbranched alkanes of at least 4 members (excludes halogenated alkanes) is 5. The number of amides is 1. The molecule has 0 atom stereocenters. The van der Waals surface area contributed by atoms with Gasteiger partial charge in [-0.05, 0) is 43.5 Å². The molecule has 0 spiro atoms. The summed E-state index contributed by atoms with van der Waals surface area (Å²) in [6, 6.07) is 6.25. The van der Waals surface area contributed by atoms with Crippen molar-refractivity contribution in [2.75, 3.05) is 24.5 Å². The van der Waals surface area contributed by atoms with Gasteiger partial charge in [-0.3, -0.25) is 4.90 Å². The van der Waals surface area contributed by atoms with Crippen LogP contribution in [0.3, 0.4) is 0 Å². The Bertz CT molecular complexity index is 682. The van der Waals surface area contributed by atoms with Crippen molar-refractivity contribution in [2.24, 2.45) is 0 Å². The number of benzene rings is 1. The van der Waals surface area contributed by atoms with Gasteiger partial charge in [-0.15, -0.1) is 0 Å². The lowest BCUT2D eigenvalue weighted by atomic mass is 10.1. The van der Waals surface area contributed by atoms with Gasteiger partial charge in [0, 0.05) is 25.3 Å². The lowest BCUT2D eigenvalue weighted by molar-refractivity contribution is 0.201. The molecule has 0 radical (unpaired) electrons. The Balaban J connectivity index is 1.99. The summed E-state index contributed by atoms with van der Waals surface area (Å²) in [5.41, 5.74) is 0.522. The number of carbonyl (C=O) groups is 1. The van der Waals surface area contributed by atoms with Crippen LogP contribution in [-0.4, -0.2) is 43.6 Å². The molecular formula is C20H32N2O4S. The van der Waals surface area contributed by atoms with Crippen molar-refractivity contribution in [3.63, 3.8) is 0 Å². The monoisotopic (exact) mass is 396 g/mol. The molecule has 1 aliphatic heterocycles. The van der Waals surface area contributed by atoms with Crippen LogP contribution in [0.25, 0.3) is 0 Å². The topological polar surface area (TPSA) is 77.9 Å². The van der Waals surface area contributed by atoms with Crippen LogP contribution in [0.15, 0.2) is 29.2 Å². The van der Waals surface area contributed by atoms with Crippen LogP contribution >= 0.6 is 0 Å². The Morgan fingerprint density at radius 3 is 2.19 bits per heavy atom. The maximum Gasteiger partial charge on any atom is 0.411 e. The highest BCUT2D eigenvalue weighted by Crippen LogP contribution is 2.24. The number of piperidine rings is 1. The molecule has 2 rings (SSSR count). The van der Waals surface area contributed by atoms with E-state index in [0.29, 0.717) is 25.3 Å². The average Bonchev–Trinajstić information content (AvgIpc) is 2.68. The normalized spacial score (nSPS) is 15.6. The molecule has 0 unspecified atom stereocenters. The summed E-state index contributed by atoms with van der Waals surface area (Å²) in [6.07, 6.45) is 8.37.